The summed E-state index contributed by atoms with van der Waals surface area (Å²) in [6, 6.07) is 14.6. The number of thioether (sulfide) groups is 1. The van der Waals surface area contributed by atoms with Crippen LogP contribution in [0.15, 0.2) is 48.5 Å². The number of benzene rings is 2. The topological polar surface area (TPSA) is 66.2 Å². The molecule has 0 spiro atoms. The van der Waals surface area contributed by atoms with E-state index in [1.807, 2.05) is 25.3 Å². The smallest absolute Gasteiger partial charge is 0.303 e. The summed E-state index contributed by atoms with van der Waals surface area (Å²) < 4.78 is 17.6. The van der Waals surface area contributed by atoms with Crippen molar-refractivity contribution in [1.82, 2.24) is 0 Å². The molecular formula is C29H33NO5S. The Morgan fingerprint density at radius 2 is 1.75 bits per heavy atom. The van der Waals surface area contributed by atoms with Crippen molar-refractivity contribution < 1.29 is 23.8 Å². The maximum atomic E-state index is 11.9. The van der Waals surface area contributed by atoms with Crippen molar-refractivity contribution in [1.29, 1.82) is 0 Å². The van der Waals surface area contributed by atoms with Gasteiger partial charge in [0.25, 0.3) is 0 Å². The van der Waals surface area contributed by atoms with Gasteiger partial charge in [0.1, 0.15) is 11.5 Å². The quantitative estimate of drug-likeness (QED) is 0.333. The number of carbonyl (C=O) groups is 2. The van der Waals surface area contributed by atoms with Crippen molar-refractivity contribution in [3.63, 3.8) is 0 Å². The molecule has 5 atom stereocenters. The van der Waals surface area contributed by atoms with E-state index < -0.39 is 29.6 Å². The minimum atomic E-state index is -0.681. The highest BCUT2D eigenvalue weighted by Crippen LogP contribution is 2.42. The normalized spacial score (nSPS) is 23.7. The van der Waals surface area contributed by atoms with Gasteiger partial charge in [0.2, 0.25) is 6.54 Å². The number of rotatable bonds is 8. The van der Waals surface area contributed by atoms with Crippen LogP contribution in [0, 0.1) is 19.4 Å². The third-order valence-corrected chi connectivity index (χ3v) is 7.13. The van der Waals surface area contributed by atoms with E-state index in [2.05, 4.69) is 54.2 Å². The molecule has 1 saturated heterocycles. The first-order chi connectivity index (χ1) is 17.2. The van der Waals surface area contributed by atoms with Gasteiger partial charge < -0.3 is 19.1 Å². The van der Waals surface area contributed by atoms with E-state index in [0.29, 0.717) is 6.54 Å². The highest BCUT2D eigenvalue weighted by atomic mass is 32.2. The van der Waals surface area contributed by atoms with E-state index >= 15 is 0 Å². The molecule has 190 valence electrons. The molecule has 2 aromatic rings. The van der Waals surface area contributed by atoms with Gasteiger partial charge in [-0.15, -0.1) is 11.8 Å². The van der Waals surface area contributed by atoms with Crippen LogP contribution in [0.3, 0.4) is 0 Å². The maximum Gasteiger partial charge on any atom is 0.303 e. The first kappa shape index (κ1) is 27.5. The SMILES string of the molecule is [C-]#[N+]C/C=C/c1ccc(Cc2cc([C@@H]3O[C@H](SC)[C@@H](OC(C)=O)[C@H](OC(C)=O)[C@H]3C)ccc2C)cc1. The maximum absolute atomic E-state index is 11.9. The lowest BCUT2D eigenvalue weighted by molar-refractivity contribution is -0.208. The molecule has 1 aliphatic rings. The molecule has 0 radical (unpaired) electrons. The third-order valence-electron chi connectivity index (χ3n) is 6.29. The van der Waals surface area contributed by atoms with Crippen LogP contribution >= 0.6 is 11.8 Å². The summed E-state index contributed by atoms with van der Waals surface area (Å²) in [5, 5.41) is 0. The van der Waals surface area contributed by atoms with Crippen molar-refractivity contribution in [2.75, 3.05) is 12.8 Å². The van der Waals surface area contributed by atoms with E-state index in [-0.39, 0.29) is 12.0 Å². The molecule has 0 N–H and O–H groups in total. The molecule has 7 heteroatoms. The third kappa shape index (κ3) is 6.99. The fourth-order valence-corrected chi connectivity index (χ4v) is 5.20. The molecule has 1 aliphatic heterocycles. The van der Waals surface area contributed by atoms with Crippen LogP contribution in [0.5, 0.6) is 0 Å². The molecule has 3 rings (SSSR count). The second kappa shape index (κ2) is 12.8. The average molecular weight is 508 g/mol. The summed E-state index contributed by atoms with van der Waals surface area (Å²) >= 11 is 1.43. The Morgan fingerprint density at radius 1 is 1.08 bits per heavy atom. The van der Waals surface area contributed by atoms with Crippen LogP contribution in [0.1, 0.15) is 54.7 Å². The van der Waals surface area contributed by atoms with E-state index in [1.165, 1.54) is 42.3 Å². The molecule has 1 fully saturated rings. The summed E-state index contributed by atoms with van der Waals surface area (Å²) in [4.78, 5) is 27.0. The molecule has 0 unspecified atom stereocenters. The standard InChI is InChI=1S/C29H33NO5S/c1-18-9-14-24(17-25(18)16-23-12-10-22(11-13-23)8-7-15-30-5)26-19(2)27(33-20(3)31)28(34-21(4)32)29(35-26)36-6/h7-14,17,19,26-29H,15-16H2,1-4,6H3/b8-7+/t19-,26+,27+,28-,29+/m0/s1. The Labute approximate surface area is 217 Å². The number of aryl methyl sites for hydroxylation is 1. The van der Waals surface area contributed by atoms with E-state index in [1.54, 1.807) is 0 Å². The Kier molecular flexibility index (Phi) is 9.74. The zero-order valence-electron chi connectivity index (χ0n) is 21.4. The van der Waals surface area contributed by atoms with Crippen molar-refractivity contribution in [3.05, 3.63) is 87.8 Å². The summed E-state index contributed by atoms with van der Waals surface area (Å²) in [6.07, 6.45) is 4.85. The Bertz CT molecular complexity index is 1140. The Balaban J connectivity index is 1.86. The van der Waals surface area contributed by atoms with Gasteiger partial charge in [0, 0.05) is 19.8 Å². The first-order valence-corrected chi connectivity index (χ1v) is 13.2. The Morgan fingerprint density at radius 3 is 2.36 bits per heavy atom. The summed E-state index contributed by atoms with van der Waals surface area (Å²) in [5.41, 5.74) is 5.15. The molecule has 6 nitrogen and oxygen atoms in total. The molecule has 0 amide bonds. The van der Waals surface area contributed by atoms with E-state index in [4.69, 9.17) is 20.8 Å². The van der Waals surface area contributed by atoms with Crippen LogP contribution in [0.25, 0.3) is 10.9 Å². The first-order valence-electron chi connectivity index (χ1n) is 11.9. The predicted molar refractivity (Wildman–Crippen MR) is 142 cm³/mol. The summed E-state index contributed by atoms with van der Waals surface area (Å²) in [5.74, 6) is -1.07. The number of nitrogens with zero attached hydrogens (tertiary/aromatic N) is 1. The zero-order chi connectivity index (χ0) is 26.2. The molecule has 0 bridgehead atoms. The minimum Gasteiger partial charge on any atom is -0.458 e. The van der Waals surface area contributed by atoms with Gasteiger partial charge >= 0.3 is 11.9 Å². The lowest BCUT2D eigenvalue weighted by atomic mass is 9.85. The Hall–Kier alpha value is -3.08. The fourth-order valence-electron chi connectivity index (χ4n) is 4.49. The molecule has 0 saturated carbocycles. The van der Waals surface area contributed by atoms with Crippen LogP contribution in [0.2, 0.25) is 0 Å². The highest BCUT2D eigenvalue weighted by Gasteiger charge is 2.48. The van der Waals surface area contributed by atoms with Gasteiger partial charge in [-0.05, 0) is 53.5 Å². The molecule has 36 heavy (non-hydrogen) atoms. The van der Waals surface area contributed by atoms with Gasteiger partial charge in [-0.1, -0.05) is 55.5 Å². The number of carbonyl (C=O) groups excluding carboxylic acids is 2. The van der Waals surface area contributed by atoms with Crippen LogP contribution < -0.4 is 0 Å². The molecule has 0 aromatic heterocycles. The lowest BCUT2D eigenvalue weighted by Gasteiger charge is -2.44. The summed E-state index contributed by atoms with van der Waals surface area (Å²) in [7, 11) is 0. The predicted octanol–water partition coefficient (Wildman–Crippen LogP) is 5.78. The molecule has 0 aliphatic carbocycles. The number of hydrogen-bond donors (Lipinski definition) is 0. The molecular weight excluding hydrogens is 474 g/mol. The molecule has 2 aromatic carbocycles. The largest absolute Gasteiger partial charge is 0.458 e. The average Bonchev–Trinajstić information content (AvgIpc) is 2.84. The van der Waals surface area contributed by atoms with Gasteiger partial charge in [-0.25, -0.2) is 6.57 Å². The monoisotopic (exact) mass is 507 g/mol. The summed E-state index contributed by atoms with van der Waals surface area (Å²) in [6.45, 7) is 14.0. The van der Waals surface area contributed by atoms with Crippen LogP contribution in [-0.4, -0.2) is 42.4 Å². The van der Waals surface area contributed by atoms with Gasteiger partial charge in [-0.2, -0.15) is 0 Å². The minimum absolute atomic E-state index is 0.223. The van der Waals surface area contributed by atoms with Gasteiger partial charge in [-0.3, -0.25) is 9.59 Å². The zero-order valence-corrected chi connectivity index (χ0v) is 22.2. The number of esters is 2. The van der Waals surface area contributed by atoms with Crippen molar-refractivity contribution in [2.45, 2.75) is 57.9 Å². The molecule has 1 heterocycles. The van der Waals surface area contributed by atoms with Gasteiger partial charge in [0.15, 0.2) is 6.10 Å². The highest BCUT2D eigenvalue weighted by molar-refractivity contribution is 7.99. The van der Waals surface area contributed by atoms with Gasteiger partial charge in [0.05, 0.1) is 6.10 Å². The van der Waals surface area contributed by atoms with Crippen molar-refractivity contribution in [2.24, 2.45) is 5.92 Å². The lowest BCUT2D eigenvalue weighted by Crippen LogP contribution is -2.52. The van der Waals surface area contributed by atoms with Crippen molar-refractivity contribution in [3.8, 4) is 0 Å². The van der Waals surface area contributed by atoms with Crippen LogP contribution in [0.4, 0.5) is 0 Å². The number of ether oxygens (including phenoxy) is 3. The van der Waals surface area contributed by atoms with Crippen LogP contribution in [-0.2, 0) is 30.2 Å². The number of hydrogen-bond acceptors (Lipinski definition) is 6. The van der Waals surface area contributed by atoms with E-state index in [0.717, 1.165) is 17.5 Å². The van der Waals surface area contributed by atoms with E-state index in [9.17, 15) is 9.59 Å². The second-order valence-corrected chi connectivity index (χ2v) is 9.95. The fraction of sp³-hybridized carbons (Fsp3) is 0.414. The second-order valence-electron chi connectivity index (χ2n) is 9.02. The van der Waals surface area contributed by atoms with Crippen molar-refractivity contribution >= 4 is 29.8 Å².